The van der Waals surface area contributed by atoms with E-state index in [1.807, 2.05) is 59.2 Å². The SMILES string of the molecule is O=C(CSc1nnc(-c2ccccc2)n1-c1ccc(Br)cc1)N/N=C/c1ccc([N+](=O)[O-])cc1. The number of nitrogens with zero attached hydrogens (tertiary/aromatic N) is 5. The average molecular weight is 537 g/mol. The van der Waals surface area contributed by atoms with Crippen LogP contribution in [0, 0.1) is 10.1 Å². The molecule has 0 fully saturated rings. The van der Waals surface area contributed by atoms with E-state index < -0.39 is 4.92 Å². The molecule has 0 spiro atoms. The highest BCUT2D eigenvalue weighted by Crippen LogP contribution is 2.28. The molecule has 4 aromatic rings. The van der Waals surface area contributed by atoms with Gasteiger partial charge < -0.3 is 0 Å². The second-order valence-electron chi connectivity index (χ2n) is 6.91. The minimum atomic E-state index is -0.476. The second kappa shape index (κ2) is 10.9. The number of hydrogen-bond donors (Lipinski definition) is 1. The fourth-order valence-electron chi connectivity index (χ4n) is 2.98. The van der Waals surface area contributed by atoms with E-state index in [-0.39, 0.29) is 17.3 Å². The van der Waals surface area contributed by atoms with Gasteiger partial charge in [-0.25, -0.2) is 5.43 Å². The summed E-state index contributed by atoms with van der Waals surface area (Å²) in [5, 5.41) is 23.9. The van der Waals surface area contributed by atoms with Crippen molar-refractivity contribution in [2.24, 2.45) is 5.10 Å². The monoisotopic (exact) mass is 536 g/mol. The Balaban J connectivity index is 1.46. The van der Waals surface area contributed by atoms with Gasteiger partial charge in [-0.15, -0.1) is 10.2 Å². The zero-order chi connectivity index (χ0) is 23.9. The predicted molar refractivity (Wildman–Crippen MR) is 134 cm³/mol. The van der Waals surface area contributed by atoms with E-state index in [4.69, 9.17) is 0 Å². The quantitative estimate of drug-likeness (QED) is 0.149. The molecule has 34 heavy (non-hydrogen) atoms. The number of nitro groups is 1. The topological polar surface area (TPSA) is 115 Å². The molecule has 9 nitrogen and oxygen atoms in total. The summed E-state index contributed by atoms with van der Waals surface area (Å²) in [6.07, 6.45) is 1.42. The van der Waals surface area contributed by atoms with Gasteiger partial charge in [0, 0.05) is 27.9 Å². The highest BCUT2D eigenvalue weighted by molar-refractivity contribution is 9.10. The molecule has 1 aromatic heterocycles. The average Bonchev–Trinajstić information content (AvgIpc) is 3.28. The first-order valence-corrected chi connectivity index (χ1v) is 11.7. The first-order chi connectivity index (χ1) is 16.5. The number of non-ortho nitro benzene ring substituents is 1. The van der Waals surface area contributed by atoms with Crippen LogP contribution in [-0.4, -0.2) is 37.6 Å². The van der Waals surface area contributed by atoms with Crippen molar-refractivity contribution in [1.29, 1.82) is 0 Å². The van der Waals surface area contributed by atoms with Gasteiger partial charge in [0.15, 0.2) is 11.0 Å². The highest BCUT2D eigenvalue weighted by Gasteiger charge is 2.17. The lowest BCUT2D eigenvalue weighted by atomic mass is 10.2. The van der Waals surface area contributed by atoms with Gasteiger partial charge in [0.05, 0.1) is 16.9 Å². The van der Waals surface area contributed by atoms with Crippen LogP contribution < -0.4 is 5.43 Å². The Morgan fingerprint density at radius 1 is 1.06 bits per heavy atom. The minimum absolute atomic E-state index is 0.0117. The van der Waals surface area contributed by atoms with Crippen LogP contribution in [0.2, 0.25) is 0 Å². The van der Waals surface area contributed by atoms with Crippen LogP contribution in [0.5, 0.6) is 0 Å². The molecule has 4 rings (SSSR count). The molecule has 11 heteroatoms. The molecule has 0 saturated carbocycles. The maximum absolute atomic E-state index is 12.3. The van der Waals surface area contributed by atoms with Crippen LogP contribution in [0.15, 0.2) is 93.6 Å². The van der Waals surface area contributed by atoms with Crippen molar-refractivity contribution in [3.05, 3.63) is 99.0 Å². The van der Waals surface area contributed by atoms with Crippen molar-refractivity contribution >= 4 is 45.5 Å². The summed E-state index contributed by atoms with van der Waals surface area (Å²) in [6.45, 7) is 0. The van der Waals surface area contributed by atoms with Gasteiger partial charge in [-0.05, 0) is 42.0 Å². The van der Waals surface area contributed by atoms with E-state index in [2.05, 4.69) is 36.7 Å². The van der Waals surface area contributed by atoms with E-state index in [0.29, 0.717) is 16.5 Å². The van der Waals surface area contributed by atoms with Gasteiger partial charge in [-0.1, -0.05) is 58.0 Å². The molecule has 0 saturated heterocycles. The van der Waals surface area contributed by atoms with Crippen LogP contribution in [0.4, 0.5) is 5.69 Å². The third-order valence-corrected chi connectivity index (χ3v) is 6.05. The first kappa shape index (κ1) is 23.3. The molecule has 3 aromatic carbocycles. The summed E-state index contributed by atoms with van der Waals surface area (Å²) in [6, 6.07) is 23.3. The minimum Gasteiger partial charge on any atom is -0.272 e. The van der Waals surface area contributed by atoms with Crippen molar-refractivity contribution < 1.29 is 9.72 Å². The third kappa shape index (κ3) is 5.74. The molecule has 1 heterocycles. The van der Waals surface area contributed by atoms with Gasteiger partial charge in [0.25, 0.3) is 11.6 Å². The first-order valence-electron chi connectivity index (χ1n) is 9.97. The summed E-state index contributed by atoms with van der Waals surface area (Å²) < 4.78 is 2.85. The van der Waals surface area contributed by atoms with Crippen LogP contribution in [0.3, 0.4) is 0 Å². The molecule has 170 valence electrons. The highest BCUT2D eigenvalue weighted by atomic mass is 79.9. The Morgan fingerprint density at radius 2 is 1.76 bits per heavy atom. The van der Waals surface area contributed by atoms with Crippen molar-refractivity contribution in [3.63, 3.8) is 0 Å². The standard InChI is InChI=1S/C23H17BrN6O3S/c24-18-8-12-19(13-9-18)29-22(17-4-2-1-3-5-17)27-28-23(29)34-15-21(31)26-25-14-16-6-10-20(11-7-16)30(32)33/h1-14H,15H2,(H,26,31)/b25-14+. The summed E-state index contributed by atoms with van der Waals surface area (Å²) in [5.74, 6) is 0.415. The number of amides is 1. The Kier molecular flexibility index (Phi) is 7.45. The van der Waals surface area contributed by atoms with E-state index in [1.54, 1.807) is 12.1 Å². The van der Waals surface area contributed by atoms with Crippen molar-refractivity contribution in [2.75, 3.05) is 5.75 Å². The fraction of sp³-hybridized carbons (Fsp3) is 0.0435. The van der Waals surface area contributed by atoms with Gasteiger partial charge in [-0.3, -0.25) is 19.5 Å². The second-order valence-corrected chi connectivity index (χ2v) is 8.77. The smallest absolute Gasteiger partial charge is 0.269 e. The number of nitro benzene ring substituents is 1. The number of halogens is 1. The largest absolute Gasteiger partial charge is 0.272 e. The number of nitrogens with one attached hydrogen (secondary N) is 1. The lowest BCUT2D eigenvalue weighted by Crippen LogP contribution is -2.20. The van der Waals surface area contributed by atoms with Crippen LogP contribution in [-0.2, 0) is 4.79 Å². The molecular weight excluding hydrogens is 520 g/mol. The zero-order valence-corrected chi connectivity index (χ0v) is 19.9. The van der Waals surface area contributed by atoms with E-state index in [9.17, 15) is 14.9 Å². The summed E-state index contributed by atoms with van der Waals surface area (Å²) in [5.41, 5.74) is 4.84. The zero-order valence-electron chi connectivity index (χ0n) is 17.5. The van der Waals surface area contributed by atoms with Crippen LogP contribution in [0.25, 0.3) is 17.1 Å². The molecule has 0 aliphatic rings. The van der Waals surface area contributed by atoms with Crippen molar-refractivity contribution in [3.8, 4) is 17.1 Å². The molecule has 0 bridgehead atoms. The van der Waals surface area contributed by atoms with E-state index in [1.165, 1.54) is 30.1 Å². The number of thioether (sulfide) groups is 1. The number of benzene rings is 3. The van der Waals surface area contributed by atoms with Crippen LogP contribution in [0.1, 0.15) is 5.56 Å². The van der Waals surface area contributed by atoms with Crippen LogP contribution >= 0.6 is 27.7 Å². The van der Waals surface area contributed by atoms with Gasteiger partial charge in [-0.2, -0.15) is 5.10 Å². The maximum Gasteiger partial charge on any atom is 0.269 e. The van der Waals surface area contributed by atoms with E-state index in [0.717, 1.165) is 15.7 Å². The lowest BCUT2D eigenvalue weighted by Gasteiger charge is -2.10. The molecule has 0 unspecified atom stereocenters. The molecule has 1 N–H and O–H groups in total. The number of carbonyl (C=O) groups is 1. The van der Waals surface area contributed by atoms with Crippen molar-refractivity contribution in [2.45, 2.75) is 5.16 Å². The van der Waals surface area contributed by atoms with Crippen molar-refractivity contribution in [1.82, 2.24) is 20.2 Å². The molecule has 0 aliphatic heterocycles. The normalized spacial score (nSPS) is 11.0. The Hall–Kier alpha value is -3.83. The van der Waals surface area contributed by atoms with E-state index >= 15 is 0 Å². The Bertz CT molecular complexity index is 1330. The number of hydrazone groups is 1. The van der Waals surface area contributed by atoms with Gasteiger partial charge in [0.2, 0.25) is 0 Å². The lowest BCUT2D eigenvalue weighted by molar-refractivity contribution is -0.384. The number of hydrogen-bond acceptors (Lipinski definition) is 7. The summed E-state index contributed by atoms with van der Waals surface area (Å²) >= 11 is 4.69. The molecule has 0 atom stereocenters. The molecular formula is C23H17BrN6O3S. The fourth-order valence-corrected chi connectivity index (χ4v) is 3.99. The summed E-state index contributed by atoms with van der Waals surface area (Å²) in [4.78, 5) is 22.6. The molecule has 0 radical (unpaired) electrons. The molecule has 0 aliphatic carbocycles. The van der Waals surface area contributed by atoms with Gasteiger partial charge in [0.1, 0.15) is 0 Å². The predicted octanol–water partition coefficient (Wildman–Crippen LogP) is 4.85. The summed E-state index contributed by atoms with van der Waals surface area (Å²) in [7, 11) is 0. The maximum atomic E-state index is 12.3. The number of rotatable bonds is 8. The number of aromatic nitrogens is 3. The number of carbonyl (C=O) groups excluding carboxylic acids is 1. The van der Waals surface area contributed by atoms with Gasteiger partial charge >= 0.3 is 0 Å². The Morgan fingerprint density at radius 3 is 2.44 bits per heavy atom. The molecule has 1 amide bonds. The Labute approximate surface area is 207 Å². The third-order valence-electron chi connectivity index (χ3n) is 4.59.